The fraction of sp³-hybridized carbons (Fsp3) is 0.125. The Labute approximate surface area is 133 Å². The lowest BCUT2D eigenvalue weighted by Crippen LogP contribution is -2.23. The van der Waals surface area contributed by atoms with Crippen LogP contribution >= 0.6 is 11.3 Å². The first kappa shape index (κ1) is 13.8. The largest absolute Gasteiger partial charge is 0.481 e. The summed E-state index contributed by atoms with van der Waals surface area (Å²) >= 11 is 1.36. The molecular formula is C16H11N3O3S. The summed E-state index contributed by atoms with van der Waals surface area (Å²) in [5, 5.41) is 15.5. The summed E-state index contributed by atoms with van der Waals surface area (Å²) in [5.41, 5.74) is 0.202. The third-order valence-electron chi connectivity index (χ3n) is 3.86. The number of benzene rings is 2. The molecule has 7 heteroatoms. The molecule has 1 unspecified atom stereocenters. The van der Waals surface area contributed by atoms with E-state index in [2.05, 4.69) is 10.1 Å². The molecule has 1 N–H and O–H groups in total. The van der Waals surface area contributed by atoms with Gasteiger partial charge in [-0.15, -0.1) is 0 Å². The molecule has 0 bridgehead atoms. The average Bonchev–Trinajstić information content (AvgIpc) is 2.90. The lowest BCUT2D eigenvalue weighted by Gasteiger charge is -2.05. The molecular weight excluding hydrogens is 314 g/mol. The molecule has 23 heavy (non-hydrogen) atoms. The van der Waals surface area contributed by atoms with Gasteiger partial charge in [-0.2, -0.15) is 10.1 Å². The van der Waals surface area contributed by atoms with Crippen molar-refractivity contribution in [2.45, 2.75) is 12.8 Å². The summed E-state index contributed by atoms with van der Waals surface area (Å²) in [6.45, 7) is 1.44. The van der Waals surface area contributed by atoms with Crippen molar-refractivity contribution in [3.05, 3.63) is 52.4 Å². The topological polar surface area (TPSA) is 84.6 Å². The Hall–Kier alpha value is -2.80. The Morgan fingerprint density at radius 3 is 2.83 bits per heavy atom. The van der Waals surface area contributed by atoms with E-state index in [1.165, 1.54) is 18.3 Å². The van der Waals surface area contributed by atoms with Gasteiger partial charge in [0, 0.05) is 5.39 Å². The van der Waals surface area contributed by atoms with Crippen LogP contribution in [-0.2, 0) is 4.79 Å². The van der Waals surface area contributed by atoms with Gasteiger partial charge in [0.15, 0.2) is 0 Å². The Balaban J connectivity index is 2.17. The first-order chi connectivity index (χ1) is 11.1. The van der Waals surface area contributed by atoms with Gasteiger partial charge in [-0.1, -0.05) is 41.7 Å². The van der Waals surface area contributed by atoms with Crippen molar-refractivity contribution < 1.29 is 9.90 Å². The predicted molar refractivity (Wildman–Crippen MR) is 88.2 cm³/mol. The summed E-state index contributed by atoms with van der Waals surface area (Å²) in [6.07, 6.45) is 0. The second-order valence-corrected chi connectivity index (χ2v) is 6.30. The predicted octanol–water partition coefficient (Wildman–Crippen LogP) is 2.65. The Bertz CT molecular complexity index is 1150. The second kappa shape index (κ2) is 4.85. The maximum absolute atomic E-state index is 12.1. The highest BCUT2D eigenvalue weighted by Crippen LogP contribution is 2.30. The molecule has 114 valence electrons. The molecule has 0 saturated heterocycles. The molecule has 1 atom stereocenters. The Morgan fingerprint density at radius 2 is 2.04 bits per heavy atom. The van der Waals surface area contributed by atoms with E-state index in [9.17, 15) is 9.59 Å². The molecule has 4 aromatic rings. The zero-order chi connectivity index (χ0) is 16.1. The average molecular weight is 325 g/mol. The number of rotatable bonds is 2. The summed E-state index contributed by atoms with van der Waals surface area (Å²) in [6, 6.07) is 11.8. The van der Waals surface area contributed by atoms with E-state index in [1.807, 2.05) is 36.4 Å². The van der Waals surface area contributed by atoms with E-state index in [0.29, 0.717) is 4.96 Å². The van der Waals surface area contributed by atoms with Crippen molar-refractivity contribution >= 4 is 43.3 Å². The number of carboxylic acids is 1. The SMILES string of the molecule is CC(C(=O)O)c1nn2c(nc1=O)sc1ccc3ccccc3c12. The van der Waals surface area contributed by atoms with Crippen LogP contribution in [0.5, 0.6) is 0 Å². The third-order valence-corrected chi connectivity index (χ3v) is 4.86. The molecule has 0 fully saturated rings. The third kappa shape index (κ3) is 2.01. The zero-order valence-corrected chi connectivity index (χ0v) is 12.9. The van der Waals surface area contributed by atoms with E-state index in [-0.39, 0.29) is 5.69 Å². The minimum atomic E-state index is -1.10. The van der Waals surface area contributed by atoms with Crippen LogP contribution in [0.4, 0.5) is 0 Å². The van der Waals surface area contributed by atoms with Crippen molar-refractivity contribution in [1.82, 2.24) is 14.6 Å². The number of aromatic nitrogens is 3. The number of hydrogen-bond acceptors (Lipinski definition) is 5. The van der Waals surface area contributed by atoms with Crippen LogP contribution in [0.25, 0.3) is 25.9 Å². The number of carbonyl (C=O) groups is 1. The summed E-state index contributed by atoms with van der Waals surface area (Å²) in [4.78, 5) is 27.7. The minimum absolute atomic E-state index is 0.0531. The molecule has 0 aliphatic carbocycles. The molecule has 0 aliphatic heterocycles. The fourth-order valence-corrected chi connectivity index (χ4v) is 3.59. The number of carboxylic acid groups (broad SMARTS) is 1. The van der Waals surface area contributed by atoms with Crippen LogP contribution in [0.1, 0.15) is 18.5 Å². The van der Waals surface area contributed by atoms with Crippen LogP contribution in [0.3, 0.4) is 0 Å². The quantitative estimate of drug-likeness (QED) is 0.612. The van der Waals surface area contributed by atoms with Gasteiger partial charge < -0.3 is 5.11 Å². The van der Waals surface area contributed by atoms with Gasteiger partial charge in [0.05, 0.1) is 10.2 Å². The van der Waals surface area contributed by atoms with Crippen molar-refractivity contribution in [2.75, 3.05) is 0 Å². The first-order valence-corrected chi connectivity index (χ1v) is 7.82. The molecule has 0 amide bonds. The number of aliphatic carboxylic acids is 1. The molecule has 0 spiro atoms. The van der Waals surface area contributed by atoms with Gasteiger partial charge in [0.25, 0.3) is 5.56 Å². The number of hydrogen-bond donors (Lipinski definition) is 1. The smallest absolute Gasteiger partial charge is 0.312 e. The van der Waals surface area contributed by atoms with E-state index >= 15 is 0 Å². The number of thiazole rings is 1. The lowest BCUT2D eigenvalue weighted by atomic mass is 10.1. The first-order valence-electron chi connectivity index (χ1n) is 7.00. The molecule has 0 saturated carbocycles. The molecule has 6 nitrogen and oxygen atoms in total. The normalized spacial score (nSPS) is 12.9. The molecule has 4 rings (SSSR count). The summed E-state index contributed by atoms with van der Waals surface area (Å²) in [5.74, 6) is -2.10. The standard InChI is InChI=1S/C16H11N3O3S/c1-8(15(21)22)12-14(20)17-16-19(18-12)13-10-5-3-2-4-9(10)6-7-11(13)23-16/h2-8H,1H3,(H,21,22). The summed E-state index contributed by atoms with van der Waals surface area (Å²) < 4.78 is 2.53. The Kier molecular flexibility index (Phi) is 2.92. The van der Waals surface area contributed by atoms with Crippen LogP contribution in [0.15, 0.2) is 41.2 Å². The Morgan fingerprint density at radius 1 is 1.26 bits per heavy atom. The number of nitrogens with zero attached hydrogens (tertiary/aromatic N) is 3. The van der Waals surface area contributed by atoms with Crippen molar-refractivity contribution in [1.29, 1.82) is 0 Å². The molecule has 2 aromatic heterocycles. The van der Waals surface area contributed by atoms with Crippen LogP contribution < -0.4 is 5.56 Å². The van der Waals surface area contributed by atoms with Crippen molar-refractivity contribution in [3.63, 3.8) is 0 Å². The van der Waals surface area contributed by atoms with Gasteiger partial charge in [-0.05, 0) is 18.4 Å². The van der Waals surface area contributed by atoms with E-state index < -0.39 is 17.4 Å². The molecule has 2 heterocycles. The molecule has 0 radical (unpaired) electrons. The van der Waals surface area contributed by atoms with Gasteiger partial charge in [0.2, 0.25) is 4.96 Å². The highest BCUT2D eigenvalue weighted by molar-refractivity contribution is 7.23. The van der Waals surface area contributed by atoms with E-state index in [0.717, 1.165) is 21.0 Å². The van der Waals surface area contributed by atoms with Gasteiger partial charge in [-0.25, -0.2) is 4.52 Å². The van der Waals surface area contributed by atoms with Gasteiger partial charge in [0.1, 0.15) is 11.6 Å². The van der Waals surface area contributed by atoms with Gasteiger partial charge >= 0.3 is 5.97 Å². The van der Waals surface area contributed by atoms with Crippen molar-refractivity contribution in [2.24, 2.45) is 0 Å². The highest BCUT2D eigenvalue weighted by atomic mass is 32.1. The zero-order valence-electron chi connectivity index (χ0n) is 12.1. The maximum Gasteiger partial charge on any atom is 0.312 e. The van der Waals surface area contributed by atoms with Crippen LogP contribution in [0.2, 0.25) is 0 Å². The highest BCUT2D eigenvalue weighted by Gasteiger charge is 2.22. The van der Waals surface area contributed by atoms with Crippen molar-refractivity contribution in [3.8, 4) is 0 Å². The van der Waals surface area contributed by atoms with E-state index in [4.69, 9.17) is 5.11 Å². The molecule has 2 aromatic carbocycles. The van der Waals surface area contributed by atoms with Crippen LogP contribution in [-0.4, -0.2) is 25.7 Å². The van der Waals surface area contributed by atoms with Crippen LogP contribution in [0, 0.1) is 0 Å². The summed E-state index contributed by atoms with van der Waals surface area (Å²) in [7, 11) is 0. The maximum atomic E-state index is 12.1. The fourth-order valence-electron chi connectivity index (χ4n) is 2.62. The minimum Gasteiger partial charge on any atom is -0.481 e. The second-order valence-electron chi connectivity index (χ2n) is 5.29. The van der Waals surface area contributed by atoms with Gasteiger partial charge in [-0.3, -0.25) is 9.59 Å². The number of fused-ring (bicyclic) bond motifs is 5. The van der Waals surface area contributed by atoms with E-state index in [1.54, 1.807) is 4.52 Å². The molecule has 0 aliphatic rings. The lowest BCUT2D eigenvalue weighted by molar-refractivity contribution is -0.138. The monoisotopic (exact) mass is 325 g/mol.